The molecule has 0 aliphatic rings. The zero-order valence-electron chi connectivity index (χ0n) is 12.2. The molecule has 0 atom stereocenters. The molecule has 0 fully saturated rings. The molecular formula is C13H17BrLiN3O2. The first kappa shape index (κ1) is 17.4. The van der Waals surface area contributed by atoms with Gasteiger partial charge in [-0.1, -0.05) is 0 Å². The Labute approximate surface area is 136 Å². The Kier molecular flexibility index (Phi) is 6.43. The Morgan fingerprint density at radius 1 is 1.40 bits per heavy atom. The number of amides is 2. The Hall–Kier alpha value is -0.643. The molecule has 104 valence electrons. The summed E-state index contributed by atoms with van der Waals surface area (Å²) in [6.45, 7) is 3.95. The van der Waals surface area contributed by atoms with Gasteiger partial charge in [0.15, 0.2) is 0 Å². The summed E-state index contributed by atoms with van der Waals surface area (Å²) >= 11 is 4.77. The summed E-state index contributed by atoms with van der Waals surface area (Å²) in [5, 5.41) is 0.986. The zero-order chi connectivity index (χ0) is 15.3. The molecule has 0 aliphatic carbocycles. The average Bonchev–Trinajstić information content (AvgIpc) is 2.34. The van der Waals surface area contributed by atoms with E-state index < -0.39 is 0 Å². The summed E-state index contributed by atoms with van der Waals surface area (Å²) in [5.74, 6) is -0.281. The van der Waals surface area contributed by atoms with Gasteiger partial charge in [-0.25, -0.2) is 0 Å². The van der Waals surface area contributed by atoms with Gasteiger partial charge in [-0.05, 0) is 0 Å². The van der Waals surface area contributed by atoms with E-state index in [4.69, 9.17) is 0 Å². The number of benzene rings is 1. The summed E-state index contributed by atoms with van der Waals surface area (Å²) < 4.78 is 0.613. The van der Waals surface area contributed by atoms with Gasteiger partial charge in [0, 0.05) is 0 Å². The van der Waals surface area contributed by atoms with Gasteiger partial charge in [-0.2, -0.15) is 0 Å². The number of halogens is 1. The Morgan fingerprint density at radius 3 is 2.55 bits per heavy atom. The molecule has 2 amide bonds. The van der Waals surface area contributed by atoms with Crippen LogP contribution in [0.4, 0.5) is 4.79 Å². The number of nitrogens with one attached hydrogen (secondary N) is 2. The van der Waals surface area contributed by atoms with Crippen molar-refractivity contribution in [3.8, 4) is 0 Å². The predicted octanol–water partition coefficient (Wildman–Crippen LogP) is 1.87. The number of hydrogen-bond acceptors (Lipinski definition) is 4. The molecule has 0 saturated heterocycles. The molecule has 1 aromatic carbocycles. The maximum atomic E-state index is 12.2. The van der Waals surface area contributed by atoms with Crippen LogP contribution in [0.2, 0.25) is 0 Å². The van der Waals surface area contributed by atoms with E-state index >= 15 is 0 Å². The third-order valence-electron chi connectivity index (χ3n) is 2.99. The summed E-state index contributed by atoms with van der Waals surface area (Å²) in [5.41, 5.74) is 5.80. The number of hydrogen-bond donors (Lipinski definition) is 2. The normalized spacial score (nSPS) is 11.3. The maximum absolute atomic E-state index is 12.2. The van der Waals surface area contributed by atoms with E-state index in [0.717, 1.165) is 15.0 Å². The van der Waals surface area contributed by atoms with Crippen LogP contribution in [0.3, 0.4) is 0 Å². The first-order valence-corrected chi connectivity index (χ1v) is 7.09. The average molecular weight is 334 g/mol. The second-order valence-electron chi connectivity index (χ2n) is 5.18. The van der Waals surface area contributed by atoms with Crippen molar-refractivity contribution in [2.24, 2.45) is 0 Å². The van der Waals surface area contributed by atoms with E-state index in [9.17, 15) is 9.59 Å². The van der Waals surface area contributed by atoms with Crippen molar-refractivity contribution in [1.29, 1.82) is 0 Å². The molecule has 20 heavy (non-hydrogen) atoms. The molecule has 0 aromatic heterocycles. The molecule has 0 spiro atoms. The van der Waals surface area contributed by atoms with E-state index in [1.54, 1.807) is 7.05 Å². The van der Waals surface area contributed by atoms with Crippen LogP contribution in [0, 0.1) is 0 Å². The van der Waals surface area contributed by atoms with Gasteiger partial charge in [0.2, 0.25) is 0 Å². The van der Waals surface area contributed by atoms with E-state index in [1.165, 1.54) is 17.7 Å². The topological polar surface area (TPSA) is 61.4 Å². The van der Waals surface area contributed by atoms with E-state index in [2.05, 4.69) is 26.9 Å². The van der Waals surface area contributed by atoms with Gasteiger partial charge >= 0.3 is 137 Å². The quantitative estimate of drug-likeness (QED) is 0.638. The van der Waals surface area contributed by atoms with Crippen molar-refractivity contribution < 1.29 is 9.59 Å². The van der Waals surface area contributed by atoms with Gasteiger partial charge in [0.05, 0.1) is 0 Å². The van der Waals surface area contributed by atoms with Crippen LogP contribution in [-0.4, -0.2) is 40.3 Å². The molecule has 0 bridgehead atoms. The molecule has 7 heteroatoms. The Bertz CT molecular complexity index is 508. The second kappa shape index (κ2) is 7.39. The Balaban J connectivity index is 2.89. The van der Waals surface area contributed by atoms with Crippen LogP contribution >= 0.6 is 15.9 Å². The number of nitrogens with zero attached hydrogens (tertiary/aromatic N) is 1. The zero-order valence-corrected chi connectivity index (χ0v) is 13.7. The molecule has 2 N–H and O–H groups in total. The van der Waals surface area contributed by atoms with Gasteiger partial charge in [-0.3, -0.25) is 0 Å². The van der Waals surface area contributed by atoms with Crippen molar-refractivity contribution >= 4 is 44.1 Å². The SMILES string of the molecule is [Li][C](=O)N(NNC)C(=O)CC(C)(C)c1cccc(Br)c1. The number of hydrazine groups is 2. The molecule has 1 aromatic rings. The van der Waals surface area contributed by atoms with Crippen molar-refractivity contribution in [1.82, 2.24) is 16.0 Å². The van der Waals surface area contributed by atoms with Crippen LogP contribution in [-0.2, 0) is 10.2 Å². The summed E-state index contributed by atoms with van der Waals surface area (Å²) in [6.07, 6.45) is 0.220. The van der Waals surface area contributed by atoms with Crippen LogP contribution in [0.1, 0.15) is 25.8 Å². The molecule has 0 radical (unpaired) electrons. The van der Waals surface area contributed by atoms with E-state index in [-0.39, 0.29) is 22.3 Å². The monoisotopic (exact) mass is 333 g/mol. The molecule has 0 heterocycles. The fourth-order valence-corrected chi connectivity index (χ4v) is 2.30. The van der Waals surface area contributed by atoms with E-state index in [0.29, 0.717) is 0 Å². The summed E-state index contributed by atoms with van der Waals surface area (Å²) in [7, 11) is 1.60. The summed E-state index contributed by atoms with van der Waals surface area (Å²) in [4.78, 5) is 23.7. The third kappa shape index (κ3) is 4.72. The number of imide groups is 1. The second-order valence-corrected chi connectivity index (χ2v) is 6.10. The Morgan fingerprint density at radius 2 is 2.05 bits per heavy atom. The fourth-order valence-electron chi connectivity index (χ4n) is 1.90. The minimum atomic E-state index is -0.371. The van der Waals surface area contributed by atoms with Gasteiger partial charge < -0.3 is 0 Å². The van der Waals surface area contributed by atoms with Crippen LogP contribution in [0.5, 0.6) is 0 Å². The van der Waals surface area contributed by atoms with Gasteiger partial charge in [0.1, 0.15) is 0 Å². The van der Waals surface area contributed by atoms with Crippen LogP contribution < -0.4 is 11.0 Å². The first-order valence-electron chi connectivity index (χ1n) is 6.30. The van der Waals surface area contributed by atoms with Crippen LogP contribution in [0.25, 0.3) is 0 Å². The molecule has 5 nitrogen and oxygen atoms in total. The van der Waals surface area contributed by atoms with Gasteiger partial charge in [-0.15, -0.1) is 0 Å². The number of rotatable bonds is 5. The standard InChI is InChI=1S/C13H17BrN3O2.Li/c1-13(2,10-5-4-6-11(14)7-10)8-12(19)17(9-18)16-15-3;/h4-7,15-16H,8H2,1-3H3;. The first-order chi connectivity index (χ1) is 9.27. The van der Waals surface area contributed by atoms with Crippen molar-refractivity contribution in [2.75, 3.05) is 7.05 Å². The third-order valence-corrected chi connectivity index (χ3v) is 3.48. The number of carbonyl (C=O) groups is 2. The van der Waals surface area contributed by atoms with Crippen LogP contribution in [0.15, 0.2) is 28.7 Å². The predicted molar refractivity (Wildman–Crippen MR) is 82.0 cm³/mol. The number of carbonyl (C=O) groups excluding carboxylic acids is 2. The van der Waals surface area contributed by atoms with Crippen molar-refractivity contribution in [3.05, 3.63) is 34.3 Å². The van der Waals surface area contributed by atoms with E-state index in [1.807, 2.05) is 38.1 Å². The molecule has 0 saturated carbocycles. The molecule has 1 rings (SSSR count). The fraction of sp³-hybridized carbons (Fsp3) is 0.385. The molecule has 0 unspecified atom stereocenters. The van der Waals surface area contributed by atoms with Gasteiger partial charge in [0.25, 0.3) is 0 Å². The van der Waals surface area contributed by atoms with Crippen molar-refractivity contribution in [3.63, 3.8) is 0 Å². The molecule has 0 aliphatic heterocycles. The molecular weight excluding hydrogens is 317 g/mol. The minimum absolute atomic E-state index is 0.220. The van der Waals surface area contributed by atoms with Crippen molar-refractivity contribution in [2.45, 2.75) is 25.7 Å². The summed E-state index contributed by atoms with van der Waals surface area (Å²) in [6, 6.07) is 7.82.